The maximum atomic E-state index is 12.3. The zero-order valence-electron chi connectivity index (χ0n) is 13.9. The monoisotopic (exact) mass is 336 g/mol. The number of aliphatic hydroxyl groups excluding tert-OH is 1. The van der Waals surface area contributed by atoms with Gasteiger partial charge in [-0.15, -0.1) is 0 Å². The van der Waals surface area contributed by atoms with Gasteiger partial charge in [-0.3, -0.25) is 15.1 Å². The summed E-state index contributed by atoms with van der Waals surface area (Å²) in [6.45, 7) is 5.57. The van der Waals surface area contributed by atoms with E-state index in [0.717, 1.165) is 18.7 Å². The Morgan fingerprint density at radius 1 is 1.46 bits per heavy atom. The van der Waals surface area contributed by atoms with Crippen LogP contribution in [0.15, 0.2) is 11.3 Å². The fourth-order valence-electron chi connectivity index (χ4n) is 4.34. The number of rotatable bonds is 6. The van der Waals surface area contributed by atoms with Crippen LogP contribution in [0.1, 0.15) is 20.3 Å². The van der Waals surface area contributed by atoms with Crippen molar-refractivity contribution in [1.82, 2.24) is 9.80 Å². The number of β-lactam (4-membered cyclic amide) rings is 1. The lowest BCUT2D eigenvalue weighted by Gasteiger charge is -2.46. The summed E-state index contributed by atoms with van der Waals surface area (Å²) in [5, 5.41) is 26.7. The molecule has 0 aromatic heterocycles. The molecule has 2 fully saturated rings. The summed E-state index contributed by atoms with van der Waals surface area (Å²) >= 11 is 0. The summed E-state index contributed by atoms with van der Waals surface area (Å²) < 4.78 is 0. The van der Waals surface area contributed by atoms with Crippen molar-refractivity contribution in [3.05, 3.63) is 11.3 Å². The lowest BCUT2D eigenvalue weighted by Crippen LogP contribution is -2.63. The van der Waals surface area contributed by atoms with Crippen molar-refractivity contribution >= 4 is 17.7 Å². The molecule has 0 aromatic rings. The molecule has 0 bridgehead atoms. The topological polar surface area (TPSA) is 131 Å². The first-order chi connectivity index (χ1) is 11.2. The molecule has 1 amide bonds. The zero-order valence-corrected chi connectivity index (χ0v) is 13.9. The molecule has 3 rings (SSSR count). The minimum absolute atomic E-state index is 0.0831. The Morgan fingerprint density at radius 2 is 2.08 bits per heavy atom. The molecule has 3 aliphatic heterocycles. The van der Waals surface area contributed by atoms with Crippen LogP contribution in [0.4, 0.5) is 0 Å². The number of aliphatic carboxylic acids is 1. The van der Waals surface area contributed by atoms with E-state index < -0.39 is 18.0 Å². The summed E-state index contributed by atoms with van der Waals surface area (Å²) in [7, 11) is 0. The predicted molar refractivity (Wildman–Crippen MR) is 86.1 cm³/mol. The highest BCUT2D eigenvalue weighted by Crippen LogP contribution is 2.47. The van der Waals surface area contributed by atoms with Crippen molar-refractivity contribution in [1.29, 1.82) is 5.41 Å². The number of fused-ring (bicyclic) bond motifs is 1. The Bertz CT molecular complexity index is 624. The summed E-state index contributed by atoms with van der Waals surface area (Å²) in [6.07, 6.45) is -0.214. The number of carboxylic acids is 1. The van der Waals surface area contributed by atoms with Crippen molar-refractivity contribution in [2.45, 2.75) is 32.4 Å². The number of nitrogens with one attached hydrogen (secondary N) is 1. The largest absolute Gasteiger partial charge is 0.477 e. The number of amides is 1. The molecule has 2 unspecified atom stereocenters. The standard InChI is InChI=1S/C16H24N4O4/c1-7-10(6-19-4-9(5-19)3-11(17)18)14(16(23)24)20-13(7)12(8(2)21)15(20)22/h7-9,12-13,21H,3-6H2,1-2H3,(H3,17,18)(H,23,24)/t7-,8+,12?,13?/m0/s1. The number of hydrogen-bond acceptors (Lipinski definition) is 5. The molecule has 3 aliphatic rings. The second-order valence-electron chi connectivity index (χ2n) is 7.22. The summed E-state index contributed by atoms with van der Waals surface area (Å²) in [5.41, 5.74) is 6.25. The maximum Gasteiger partial charge on any atom is 0.352 e. The van der Waals surface area contributed by atoms with Crippen LogP contribution in [-0.4, -0.2) is 69.5 Å². The minimum Gasteiger partial charge on any atom is -0.477 e. The fourth-order valence-corrected chi connectivity index (χ4v) is 4.34. The number of nitrogens with zero attached hydrogens (tertiary/aromatic N) is 2. The number of carboxylic acid groups (broad SMARTS) is 1. The van der Waals surface area contributed by atoms with E-state index in [4.69, 9.17) is 11.1 Å². The van der Waals surface area contributed by atoms with E-state index >= 15 is 0 Å². The van der Waals surface area contributed by atoms with Gasteiger partial charge in [-0.2, -0.15) is 0 Å². The second-order valence-corrected chi connectivity index (χ2v) is 7.22. The van der Waals surface area contributed by atoms with Crippen molar-refractivity contribution in [2.24, 2.45) is 23.5 Å². The second kappa shape index (κ2) is 5.86. The van der Waals surface area contributed by atoms with E-state index in [2.05, 4.69) is 4.90 Å². The molecule has 8 heteroatoms. The SMILES string of the molecule is C[C@@H](O)C1C(=O)N2C(C(=O)O)=C(CN3CC(CC(=N)N)C3)[C@H](C)C12. The number of likely N-dealkylation sites (tertiary alicyclic amines) is 1. The number of hydrogen-bond donors (Lipinski definition) is 4. The Hall–Kier alpha value is -1.93. The molecular formula is C16H24N4O4. The Labute approximate surface area is 140 Å². The molecule has 0 spiro atoms. The third kappa shape index (κ3) is 2.50. The van der Waals surface area contributed by atoms with Crippen LogP contribution in [0.5, 0.6) is 0 Å². The average Bonchev–Trinajstić information content (AvgIpc) is 2.65. The van der Waals surface area contributed by atoms with Crippen LogP contribution in [-0.2, 0) is 9.59 Å². The molecular weight excluding hydrogens is 312 g/mol. The van der Waals surface area contributed by atoms with E-state index in [0.29, 0.717) is 18.9 Å². The quantitative estimate of drug-likeness (QED) is 0.292. The van der Waals surface area contributed by atoms with Crippen LogP contribution >= 0.6 is 0 Å². The fraction of sp³-hybridized carbons (Fsp3) is 0.688. The molecule has 0 saturated carbocycles. The van der Waals surface area contributed by atoms with Crippen LogP contribution in [0.25, 0.3) is 0 Å². The molecule has 132 valence electrons. The molecule has 8 nitrogen and oxygen atoms in total. The average molecular weight is 336 g/mol. The third-order valence-electron chi connectivity index (χ3n) is 5.45. The Kier molecular flexibility index (Phi) is 4.13. The molecule has 5 N–H and O–H groups in total. The molecule has 0 radical (unpaired) electrons. The number of amidine groups is 1. The van der Waals surface area contributed by atoms with Crippen LogP contribution in [0.2, 0.25) is 0 Å². The van der Waals surface area contributed by atoms with Crippen molar-refractivity contribution in [3.8, 4) is 0 Å². The van der Waals surface area contributed by atoms with Gasteiger partial charge in [0.1, 0.15) is 5.70 Å². The van der Waals surface area contributed by atoms with Gasteiger partial charge in [0.15, 0.2) is 0 Å². The van der Waals surface area contributed by atoms with Gasteiger partial charge in [0.05, 0.1) is 23.9 Å². The molecule has 4 atom stereocenters. The maximum absolute atomic E-state index is 12.3. The van der Waals surface area contributed by atoms with Crippen LogP contribution in [0, 0.1) is 23.2 Å². The van der Waals surface area contributed by atoms with E-state index in [1.54, 1.807) is 6.92 Å². The molecule has 2 saturated heterocycles. The zero-order chi connectivity index (χ0) is 17.8. The number of aliphatic hydroxyl groups is 1. The molecule has 0 aromatic carbocycles. The predicted octanol–water partition coefficient (Wildman–Crippen LogP) is -0.560. The van der Waals surface area contributed by atoms with E-state index in [1.807, 2.05) is 6.92 Å². The number of carbonyl (C=O) groups excluding carboxylic acids is 1. The van der Waals surface area contributed by atoms with E-state index in [9.17, 15) is 19.8 Å². The summed E-state index contributed by atoms with van der Waals surface area (Å²) in [5.74, 6) is -1.47. The van der Waals surface area contributed by atoms with Gasteiger partial charge in [0, 0.05) is 32.0 Å². The van der Waals surface area contributed by atoms with Crippen molar-refractivity contribution in [2.75, 3.05) is 19.6 Å². The highest BCUT2D eigenvalue weighted by molar-refractivity contribution is 6.00. The first kappa shape index (κ1) is 16.9. The van der Waals surface area contributed by atoms with Crippen molar-refractivity contribution < 1.29 is 19.8 Å². The highest BCUT2D eigenvalue weighted by atomic mass is 16.4. The van der Waals surface area contributed by atoms with Crippen LogP contribution in [0.3, 0.4) is 0 Å². The van der Waals surface area contributed by atoms with Crippen LogP contribution < -0.4 is 5.73 Å². The van der Waals surface area contributed by atoms with Crippen molar-refractivity contribution in [3.63, 3.8) is 0 Å². The van der Waals surface area contributed by atoms with E-state index in [1.165, 1.54) is 4.90 Å². The van der Waals surface area contributed by atoms with Gasteiger partial charge >= 0.3 is 5.97 Å². The van der Waals surface area contributed by atoms with Gasteiger partial charge in [0.2, 0.25) is 5.91 Å². The lowest BCUT2D eigenvalue weighted by molar-refractivity contribution is -0.163. The van der Waals surface area contributed by atoms with E-state index in [-0.39, 0.29) is 29.4 Å². The summed E-state index contributed by atoms with van der Waals surface area (Å²) in [6, 6.07) is -0.257. The smallest absolute Gasteiger partial charge is 0.352 e. The van der Waals surface area contributed by atoms with Gasteiger partial charge in [-0.05, 0) is 18.4 Å². The minimum atomic E-state index is -1.09. The normalized spacial score (nSPS) is 31.5. The molecule has 0 aliphatic carbocycles. The summed E-state index contributed by atoms with van der Waals surface area (Å²) in [4.78, 5) is 27.4. The lowest BCUT2D eigenvalue weighted by atomic mass is 9.77. The highest BCUT2D eigenvalue weighted by Gasteiger charge is 2.59. The van der Waals surface area contributed by atoms with Gasteiger partial charge < -0.3 is 20.8 Å². The number of nitrogens with two attached hydrogens (primary N) is 1. The third-order valence-corrected chi connectivity index (χ3v) is 5.45. The first-order valence-electron chi connectivity index (χ1n) is 8.25. The van der Waals surface area contributed by atoms with Gasteiger partial charge in [-0.25, -0.2) is 4.79 Å². The number of carbonyl (C=O) groups is 2. The van der Waals surface area contributed by atoms with Gasteiger partial charge in [-0.1, -0.05) is 6.92 Å². The molecule has 3 heterocycles. The Balaban J connectivity index is 1.74. The first-order valence-corrected chi connectivity index (χ1v) is 8.25. The molecule has 24 heavy (non-hydrogen) atoms. The van der Waals surface area contributed by atoms with Gasteiger partial charge in [0.25, 0.3) is 0 Å². The Morgan fingerprint density at radius 3 is 2.58 bits per heavy atom.